The van der Waals surface area contributed by atoms with Crippen LogP contribution in [0, 0.1) is 5.92 Å². The first kappa shape index (κ1) is 15.2. The zero-order valence-electron chi connectivity index (χ0n) is 11.9. The highest BCUT2D eigenvalue weighted by molar-refractivity contribution is 7.86. The Hall–Kier alpha value is -0.170. The maximum absolute atomic E-state index is 12.8. The number of hydrogen-bond acceptors (Lipinski definition) is 3. The Kier molecular flexibility index (Phi) is 5.22. The molecule has 0 aromatic heterocycles. The third-order valence-corrected chi connectivity index (χ3v) is 6.58. The Balaban J connectivity index is 2.11. The summed E-state index contributed by atoms with van der Waals surface area (Å²) in [6, 6.07) is 0.000697. The second-order valence-electron chi connectivity index (χ2n) is 5.78. The van der Waals surface area contributed by atoms with Gasteiger partial charge in [-0.3, -0.25) is 0 Å². The Morgan fingerprint density at radius 2 is 1.95 bits per heavy atom. The van der Waals surface area contributed by atoms with Crippen LogP contribution in [-0.4, -0.2) is 49.2 Å². The van der Waals surface area contributed by atoms with E-state index in [9.17, 15) is 8.42 Å². The van der Waals surface area contributed by atoms with E-state index in [1.165, 1.54) is 0 Å². The zero-order chi connectivity index (χ0) is 13.9. The van der Waals surface area contributed by atoms with Crippen LogP contribution in [0.4, 0.5) is 0 Å². The number of nitrogens with two attached hydrogens (primary N) is 1. The van der Waals surface area contributed by atoms with E-state index in [1.54, 1.807) is 8.61 Å². The third-order valence-electron chi connectivity index (χ3n) is 4.53. The van der Waals surface area contributed by atoms with Gasteiger partial charge in [0.2, 0.25) is 0 Å². The molecule has 2 aliphatic rings. The molecule has 0 aliphatic carbocycles. The summed E-state index contributed by atoms with van der Waals surface area (Å²) in [5.74, 6) is 0.518. The molecule has 2 rings (SSSR count). The minimum absolute atomic E-state index is 0.000697. The smallest absolute Gasteiger partial charge is 0.282 e. The first-order valence-corrected chi connectivity index (χ1v) is 8.96. The number of piperidine rings is 2. The van der Waals surface area contributed by atoms with Gasteiger partial charge >= 0.3 is 0 Å². The van der Waals surface area contributed by atoms with Gasteiger partial charge in [0.1, 0.15) is 0 Å². The fourth-order valence-electron chi connectivity index (χ4n) is 3.23. The summed E-state index contributed by atoms with van der Waals surface area (Å²) in [7, 11) is -3.30. The molecule has 0 aromatic rings. The standard InChI is InChI=1S/C13H27N3O2S/c1-2-12-6-5-8-15(11-12)19(17,18)16-9-4-3-7-13(16)10-14/h12-13H,2-11,14H2,1H3. The lowest BCUT2D eigenvalue weighted by atomic mass is 9.97. The van der Waals surface area contributed by atoms with Crippen molar-refractivity contribution in [3.05, 3.63) is 0 Å². The molecule has 0 bridgehead atoms. The molecule has 2 heterocycles. The molecule has 6 heteroatoms. The van der Waals surface area contributed by atoms with E-state index in [-0.39, 0.29) is 6.04 Å². The van der Waals surface area contributed by atoms with Gasteiger partial charge in [-0.05, 0) is 31.6 Å². The summed E-state index contributed by atoms with van der Waals surface area (Å²) in [6.45, 7) is 4.57. The second-order valence-corrected chi connectivity index (χ2v) is 7.66. The van der Waals surface area contributed by atoms with E-state index in [2.05, 4.69) is 6.92 Å². The highest BCUT2D eigenvalue weighted by atomic mass is 32.2. The second kappa shape index (κ2) is 6.52. The summed E-state index contributed by atoms with van der Waals surface area (Å²) < 4.78 is 28.9. The lowest BCUT2D eigenvalue weighted by Crippen LogP contribution is -2.54. The van der Waals surface area contributed by atoms with E-state index in [0.29, 0.717) is 32.1 Å². The molecule has 112 valence electrons. The van der Waals surface area contributed by atoms with Crippen LogP contribution < -0.4 is 5.73 Å². The predicted molar refractivity (Wildman–Crippen MR) is 76.9 cm³/mol. The van der Waals surface area contributed by atoms with Crippen molar-refractivity contribution in [1.82, 2.24) is 8.61 Å². The Morgan fingerprint density at radius 1 is 1.16 bits per heavy atom. The first-order valence-electron chi connectivity index (χ1n) is 7.56. The SMILES string of the molecule is CCC1CCCN(S(=O)(=O)N2CCCCC2CN)C1. The van der Waals surface area contributed by atoms with Gasteiger partial charge in [-0.2, -0.15) is 17.0 Å². The van der Waals surface area contributed by atoms with Gasteiger partial charge in [-0.15, -0.1) is 0 Å². The van der Waals surface area contributed by atoms with Crippen molar-refractivity contribution in [2.45, 2.75) is 51.5 Å². The maximum atomic E-state index is 12.8. The first-order chi connectivity index (χ1) is 9.09. The molecular weight excluding hydrogens is 262 g/mol. The predicted octanol–water partition coefficient (Wildman–Crippen LogP) is 1.17. The zero-order valence-corrected chi connectivity index (χ0v) is 12.7. The van der Waals surface area contributed by atoms with Crippen molar-refractivity contribution in [2.75, 3.05) is 26.2 Å². The summed E-state index contributed by atoms with van der Waals surface area (Å²) in [5, 5.41) is 0. The van der Waals surface area contributed by atoms with Crippen molar-refractivity contribution in [3.63, 3.8) is 0 Å². The number of hydrogen-bond donors (Lipinski definition) is 1. The molecule has 0 aromatic carbocycles. The van der Waals surface area contributed by atoms with Crippen LogP contribution in [-0.2, 0) is 10.2 Å². The van der Waals surface area contributed by atoms with Gasteiger partial charge in [-0.25, -0.2) is 0 Å². The maximum Gasteiger partial charge on any atom is 0.282 e. The van der Waals surface area contributed by atoms with Crippen LogP contribution in [0.15, 0.2) is 0 Å². The van der Waals surface area contributed by atoms with Crippen LogP contribution in [0.25, 0.3) is 0 Å². The molecule has 0 amide bonds. The van der Waals surface area contributed by atoms with Crippen LogP contribution in [0.2, 0.25) is 0 Å². The molecule has 2 atom stereocenters. The molecule has 2 fully saturated rings. The lowest BCUT2D eigenvalue weighted by molar-refractivity contribution is 0.207. The minimum atomic E-state index is -3.30. The van der Waals surface area contributed by atoms with E-state index in [1.807, 2.05) is 0 Å². The molecule has 2 N–H and O–H groups in total. The monoisotopic (exact) mass is 289 g/mol. The van der Waals surface area contributed by atoms with E-state index < -0.39 is 10.2 Å². The number of rotatable bonds is 4. The Labute approximate surface area is 117 Å². The van der Waals surface area contributed by atoms with E-state index in [0.717, 1.165) is 38.5 Å². The van der Waals surface area contributed by atoms with Crippen LogP contribution in [0.1, 0.15) is 45.4 Å². The Bertz CT molecular complexity index is 385. The van der Waals surface area contributed by atoms with Gasteiger partial charge < -0.3 is 5.73 Å². The fraction of sp³-hybridized carbons (Fsp3) is 1.00. The highest BCUT2D eigenvalue weighted by Crippen LogP contribution is 2.27. The average molecular weight is 289 g/mol. The van der Waals surface area contributed by atoms with Gasteiger partial charge in [0, 0.05) is 32.2 Å². The summed E-state index contributed by atoms with van der Waals surface area (Å²) in [5.41, 5.74) is 5.75. The summed E-state index contributed by atoms with van der Waals surface area (Å²) >= 11 is 0. The molecule has 0 spiro atoms. The third kappa shape index (κ3) is 3.29. The van der Waals surface area contributed by atoms with E-state index in [4.69, 9.17) is 5.73 Å². The highest BCUT2D eigenvalue weighted by Gasteiger charge is 2.37. The molecule has 0 radical (unpaired) electrons. The minimum Gasteiger partial charge on any atom is -0.329 e. The van der Waals surface area contributed by atoms with Gasteiger partial charge in [0.15, 0.2) is 0 Å². The van der Waals surface area contributed by atoms with Crippen LogP contribution in [0.5, 0.6) is 0 Å². The molecule has 19 heavy (non-hydrogen) atoms. The van der Waals surface area contributed by atoms with E-state index >= 15 is 0 Å². The van der Waals surface area contributed by atoms with Crippen molar-refractivity contribution in [2.24, 2.45) is 11.7 Å². The van der Waals surface area contributed by atoms with Crippen molar-refractivity contribution >= 4 is 10.2 Å². The quantitative estimate of drug-likeness (QED) is 0.844. The van der Waals surface area contributed by atoms with Crippen LogP contribution in [0.3, 0.4) is 0 Å². The van der Waals surface area contributed by atoms with Gasteiger partial charge in [0.25, 0.3) is 10.2 Å². The van der Waals surface area contributed by atoms with Gasteiger partial charge in [0.05, 0.1) is 0 Å². The summed E-state index contributed by atoms with van der Waals surface area (Å²) in [4.78, 5) is 0. The largest absolute Gasteiger partial charge is 0.329 e. The molecule has 2 unspecified atom stereocenters. The molecule has 2 saturated heterocycles. The molecular formula is C13H27N3O2S. The van der Waals surface area contributed by atoms with Crippen molar-refractivity contribution in [1.29, 1.82) is 0 Å². The van der Waals surface area contributed by atoms with Crippen molar-refractivity contribution < 1.29 is 8.42 Å². The average Bonchev–Trinajstić information content (AvgIpc) is 2.47. The Morgan fingerprint density at radius 3 is 2.63 bits per heavy atom. The normalized spacial score (nSPS) is 31.5. The van der Waals surface area contributed by atoms with Gasteiger partial charge in [-0.1, -0.05) is 19.8 Å². The topological polar surface area (TPSA) is 66.6 Å². The number of nitrogens with zero attached hydrogens (tertiary/aromatic N) is 2. The van der Waals surface area contributed by atoms with Crippen molar-refractivity contribution in [3.8, 4) is 0 Å². The van der Waals surface area contributed by atoms with Crippen LogP contribution >= 0.6 is 0 Å². The molecule has 0 saturated carbocycles. The molecule has 2 aliphatic heterocycles. The fourth-order valence-corrected chi connectivity index (χ4v) is 5.22. The lowest BCUT2D eigenvalue weighted by Gasteiger charge is -2.40. The molecule has 5 nitrogen and oxygen atoms in total. The summed E-state index contributed by atoms with van der Waals surface area (Å²) in [6.07, 6.45) is 6.15.